The molecule has 0 radical (unpaired) electrons. The highest BCUT2D eigenvalue weighted by molar-refractivity contribution is 5.73. The summed E-state index contributed by atoms with van der Waals surface area (Å²) in [5.74, 6) is 0. The van der Waals surface area contributed by atoms with E-state index >= 15 is 0 Å². The van der Waals surface area contributed by atoms with E-state index in [0.717, 1.165) is 0 Å². The van der Waals surface area contributed by atoms with Crippen molar-refractivity contribution in [1.29, 1.82) is 0 Å². The number of rotatable bonds is 2. The molecule has 0 spiro atoms. The molecule has 14 heavy (non-hydrogen) atoms. The first-order valence-electron chi connectivity index (χ1n) is 3.93. The monoisotopic (exact) mass is 199 g/mol. The number of halogens is 2. The number of hydrogen-bond acceptors (Lipinski definition) is 3. The lowest BCUT2D eigenvalue weighted by molar-refractivity contribution is 0.151. The Hall–Kier alpha value is -1.65. The molecular weight excluding hydrogens is 192 g/mol. The van der Waals surface area contributed by atoms with Crippen LogP contribution in [0.4, 0.5) is 8.78 Å². The highest BCUT2D eigenvalue weighted by Gasteiger charge is 2.11. The first kappa shape index (κ1) is 8.93. The third-order valence-electron chi connectivity index (χ3n) is 1.82. The number of hydrogen-bond donors (Lipinski definition) is 0. The van der Waals surface area contributed by atoms with Gasteiger partial charge in [0.05, 0.1) is 7.11 Å². The molecule has 0 aliphatic carbocycles. The van der Waals surface area contributed by atoms with Crippen molar-refractivity contribution in [3.63, 3.8) is 0 Å². The maximum Gasteiger partial charge on any atom is 0.394 e. The zero-order chi connectivity index (χ0) is 10.1. The molecule has 0 atom stereocenters. The van der Waals surface area contributed by atoms with Gasteiger partial charge in [-0.1, -0.05) is 6.07 Å². The lowest BCUT2D eigenvalue weighted by Gasteiger charge is -1.96. The van der Waals surface area contributed by atoms with Crippen LogP contribution < -0.4 is 4.74 Å². The topological polar surface area (TPSA) is 35.3 Å². The van der Waals surface area contributed by atoms with Gasteiger partial charge in [-0.3, -0.25) is 0 Å². The summed E-state index contributed by atoms with van der Waals surface area (Å²) in [4.78, 5) is 3.90. The third-order valence-corrected chi connectivity index (χ3v) is 1.82. The molecular formula is C9H7F2NO2. The Morgan fingerprint density at radius 2 is 2.21 bits per heavy atom. The molecule has 0 fully saturated rings. The van der Waals surface area contributed by atoms with Gasteiger partial charge < -0.3 is 9.15 Å². The van der Waals surface area contributed by atoms with Gasteiger partial charge in [0, 0.05) is 5.56 Å². The summed E-state index contributed by atoms with van der Waals surface area (Å²) in [7, 11) is 1.40. The molecule has 0 aliphatic heterocycles. The SMILES string of the molecule is COc1nc2ccc(C(F)F)cc2o1. The number of methoxy groups -OCH3 is 1. The average molecular weight is 199 g/mol. The van der Waals surface area contributed by atoms with Crippen LogP contribution in [0.2, 0.25) is 0 Å². The second-order valence-electron chi connectivity index (χ2n) is 2.71. The van der Waals surface area contributed by atoms with Crippen molar-refractivity contribution in [2.75, 3.05) is 7.11 Å². The molecule has 0 unspecified atom stereocenters. The van der Waals surface area contributed by atoms with Gasteiger partial charge in [0.25, 0.3) is 6.43 Å². The van der Waals surface area contributed by atoms with Crippen LogP contribution in [0.3, 0.4) is 0 Å². The molecule has 0 saturated carbocycles. The summed E-state index contributed by atoms with van der Waals surface area (Å²) in [6.07, 6.45) is -2.43. The minimum Gasteiger partial charge on any atom is -0.453 e. The number of ether oxygens (including phenoxy) is 1. The Balaban J connectivity index is 2.54. The maximum absolute atomic E-state index is 12.3. The van der Waals surface area contributed by atoms with E-state index in [2.05, 4.69) is 4.98 Å². The zero-order valence-corrected chi connectivity index (χ0v) is 7.33. The summed E-state index contributed by atoms with van der Waals surface area (Å²) in [5, 5.41) is 0. The largest absolute Gasteiger partial charge is 0.453 e. The standard InChI is InChI=1S/C9H7F2NO2/c1-13-9-12-6-3-2-5(8(10)11)4-7(6)14-9/h2-4,8H,1H3. The van der Waals surface area contributed by atoms with Gasteiger partial charge in [0.1, 0.15) is 5.52 Å². The minimum absolute atomic E-state index is 0.0754. The summed E-state index contributed by atoms with van der Waals surface area (Å²) in [6.45, 7) is 0. The van der Waals surface area contributed by atoms with Gasteiger partial charge in [-0.25, -0.2) is 8.78 Å². The fourth-order valence-corrected chi connectivity index (χ4v) is 1.14. The van der Waals surface area contributed by atoms with Crippen LogP contribution in [0.5, 0.6) is 6.08 Å². The van der Waals surface area contributed by atoms with E-state index < -0.39 is 6.43 Å². The second-order valence-corrected chi connectivity index (χ2v) is 2.71. The predicted octanol–water partition coefficient (Wildman–Crippen LogP) is 2.77. The normalized spacial score (nSPS) is 11.1. The average Bonchev–Trinajstić information content (AvgIpc) is 2.58. The predicted molar refractivity (Wildman–Crippen MR) is 45.5 cm³/mol. The summed E-state index contributed by atoms with van der Waals surface area (Å²) < 4.78 is 34.4. The highest BCUT2D eigenvalue weighted by atomic mass is 19.3. The van der Waals surface area contributed by atoms with Crippen molar-refractivity contribution in [2.45, 2.75) is 6.43 Å². The first-order valence-corrected chi connectivity index (χ1v) is 3.93. The lowest BCUT2D eigenvalue weighted by Crippen LogP contribution is -1.82. The fraction of sp³-hybridized carbons (Fsp3) is 0.222. The van der Waals surface area contributed by atoms with Crippen LogP contribution in [0, 0.1) is 0 Å². The molecule has 3 nitrogen and oxygen atoms in total. The van der Waals surface area contributed by atoms with Crippen molar-refractivity contribution in [1.82, 2.24) is 4.98 Å². The summed E-state index contributed by atoms with van der Waals surface area (Å²) in [5.41, 5.74) is 0.724. The van der Waals surface area contributed by atoms with Crippen LogP contribution in [0.15, 0.2) is 22.6 Å². The van der Waals surface area contributed by atoms with Gasteiger partial charge in [0.2, 0.25) is 0 Å². The Labute approximate surface area is 78.3 Å². The van der Waals surface area contributed by atoms with Crippen molar-refractivity contribution >= 4 is 11.1 Å². The Kier molecular flexibility index (Phi) is 2.07. The molecule has 0 aliphatic rings. The lowest BCUT2D eigenvalue weighted by atomic mass is 10.2. The molecule has 1 aromatic carbocycles. The Bertz CT molecular complexity index is 453. The molecule has 0 bridgehead atoms. The van der Waals surface area contributed by atoms with Crippen LogP contribution in [0.1, 0.15) is 12.0 Å². The molecule has 2 rings (SSSR count). The molecule has 2 aromatic rings. The molecule has 0 saturated heterocycles. The van der Waals surface area contributed by atoms with Gasteiger partial charge in [-0.2, -0.15) is 4.98 Å². The van der Waals surface area contributed by atoms with E-state index in [4.69, 9.17) is 9.15 Å². The summed E-state index contributed by atoms with van der Waals surface area (Å²) in [6, 6.07) is 4.05. The van der Waals surface area contributed by atoms with Crippen LogP contribution in [-0.4, -0.2) is 12.1 Å². The number of nitrogens with zero attached hydrogens (tertiary/aromatic N) is 1. The summed E-state index contributed by atoms with van der Waals surface area (Å²) >= 11 is 0. The quantitative estimate of drug-likeness (QED) is 0.745. The van der Waals surface area contributed by atoms with Crippen molar-refractivity contribution < 1.29 is 17.9 Å². The van der Waals surface area contributed by atoms with Gasteiger partial charge in [-0.05, 0) is 12.1 Å². The van der Waals surface area contributed by atoms with E-state index in [1.54, 1.807) is 0 Å². The van der Waals surface area contributed by atoms with E-state index in [-0.39, 0.29) is 11.6 Å². The number of benzene rings is 1. The van der Waals surface area contributed by atoms with E-state index in [1.807, 2.05) is 0 Å². The molecule has 1 aromatic heterocycles. The Morgan fingerprint density at radius 3 is 2.86 bits per heavy atom. The van der Waals surface area contributed by atoms with Crippen LogP contribution >= 0.6 is 0 Å². The smallest absolute Gasteiger partial charge is 0.394 e. The fourth-order valence-electron chi connectivity index (χ4n) is 1.14. The van der Waals surface area contributed by atoms with Gasteiger partial charge in [-0.15, -0.1) is 0 Å². The van der Waals surface area contributed by atoms with Crippen molar-refractivity contribution in [2.24, 2.45) is 0 Å². The molecule has 74 valence electrons. The second kappa shape index (κ2) is 3.25. The zero-order valence-electron chi connectivity index (χ0n) is 7.33. The van der Waals surface area contributed by atoms with E-state index in [1.165, 1.54) is 25.3 Å². The van der Waals surface area contributed by atoms with Gasteiger partial charge >= 0.3 is 6.08 Å². The number of fused-ring (bicyclic) bond motifs is 1. The highest BCUT2D eigenvalue weighted by Crippen LogP contribution is 2.26. The Morgan fingerprint density at radius 1 is 1.43 bits per heavy atom. The van der Waals surface area contributed by atoms with E-state index in [0.29, 0.717) is 11.1 Å². The van der Waals surface area contributed by atoms with Crippen molar-refractivity contribution in [3.05, 3.63) is 23.8 Å². The third kappa shape index (κ3) is 1.41. The van der Waals surface area contributed by atoms with Crippen molar-refractivity contribution in [3.8, 4) is 6.08 Å². The van der Waals surface area contributed by atoms with E-state index in [9.17, 15) is 8.78 Å². The molecule has 5 heteroatoms. The minimum atomic E-state index is -2.50. The number of alkyl halides is 2. The van der Waals surface area contributed by atoms with Gasteiger partial charge in [0.15, 0.2) is 5.58 Å². The molecule has 1 heterocycles. The first-order chi connectivity index (χ1) is 6.70. The number of oxazole rings is 1. The van der Waals surface area contributed by atoms with Crippen LogP contribution in [0.25, 0.3) is 11.1 Å². The maximum atomic E-state index is 12.3. The molecule has 0 amide bonds. The molecule has 0 N–H and O–H groups in total. The number of aromatic nitrogens is 1. The van der Waals surface area contributed by atoms with Crippen LogP contribution in [-0.2, 0) is 0 Å².